The molecule has 0 spiro atoms. The minimum Gasteiger partial charge on any atom is -0.390 e. The smallest absolute Gasteiger partial charge is 0.0957 e. The molecule has 13 heavy (non-hydrogen) atoms. The van der Waals surface area contributed by atoms with Gasteiger partial charge in [0.1, 0.15) is 0 Å². The summed E-state index contributed by atoms with van der Waals surface area (Å²) in [4.78, 5) is 5.65. The average molecular weight is 199 g/mol. The molecule has 0 saturated carbocycles. The number of hydrogen-bond acceptors (Lipinski definition) is 3. The van der Waals surface area contributed by atoms with E-state index in [1.807, 2.05) is 0 Å². The zero-order chi connectivity index (χ0) is 10.0. The number of hydrogen-bond donors (Lipinski definition) is 1. The van der Waals surface area contributed by atoms with Crippen LogP contribution in [-0.4, -0.2) is 10.1 Å². The summed E-state index contributed by atoms with van der Waals surface area (Å²) in [7, 11) is 0. The number of aromatic nitrogens is 1. The lowest BCUT2D eigenvalue weighted by atomic mass is 10.1. The van der Waals surface area contributed by atoms with Gasteiger partial charge in [0.05, 0.1) is 17.3 Å². The highest BCUT2D eigenvalue weighted by atomic mass is 32.1. The van der Waals surface area contributed by atoms with Crippen LogP contribution in [0, 0.1) is 0 Å². The van der Waals surface area contributed by atoms with E-state index >= 15 is 0 Å². The third-order valence-electron chi connectivity index (χ3n) is 1.91. The van der Waals surface area contributed by atoms with Crippen molar-refractivity contribution < 1.29 is 5.11 Å². The van der Waals surface area contributed by atoms with Crippen LogP contribution in [0.2, 0.25) is 0 Å². The molecule has 0 amide bonds. The Morgan fingerprint density at radius 2 is 1.85 bits per heavy atom. The molecule has 0 bridgehead atoms. The molecule has 0 aliphatic rings. The fourth-order valence-electron chi connectivity index (χ4n) is 1.19. The Bertz CT molecular complexity index is 278. The summed E-state index contributed by atoms with van der Waals surface area (Å²) in [5.74, 6) is 0.926. The summed E-state index contributed by atoms with van der Waals surface area (Å²) in [6.07, 6.45) is 0. The molecule has 0 aliphatic heterocycles. The third-order valence-corrected chi connectivity index (χ3v) is 3.61. The van der Waals surface area contributed by atoms with E-state index in [4.69, 9.17) is 5.11 Å². The van der Waals surface area contributed by atoms with Gasteiger partial charge in [0.25, 0.3) is 0 Å². The lowest BCUT2D eigenvalue weighted by Gasteiger charge is -2.01. The predicted molar refractivity (Wildman–Crippen MR) is 56.2 cm³/mol. The number of thiazole rings is 1. The normalized spacial score (nSPS) is 11.6. The molecule has 1 aromatic rings. The van der Waals surface area contributed by atoms with Gasteiger partial charge in [0.2, 0.25) is 0 Å². The van der Waals surface area contributed by atoms with Crippen molar-refractivity contribution in [1.82, 2.24) is 4.98 Å². The Labute approximate surface area is 83.6 Å². The molecule has 1 rings (SSSR count). The Kier molecular flexibility index (Phi) is 3.45. The van der Waals surface area contributed by atoms with Gasteiger partial charge in [-0.05, 0) is 5.92 Å². The van der Waals surface area contributed by atoms with E-state index < -0.39 is 0 Å². The molecule has 1 aromatic heterocycles. The molecular formula is C10H17NOS. The highest BCUT2D eigenvalue weighted by molar-refractivity contribution is 7.11. The summed E-state index contributed by atoms with van der Waals surface area (Å²) >= 11 is 1.73. The second kappa shape index (κ2) is 4.20. The number of aliphatic hydroxyl groups is 1. The molecule has 1 heterocycles. The van der Waals surface area contributed by atoms with Crippen molar-refractivity contribution in [2.75, 3.05) is 0 Å². The third kappa shape index (κ3) is 2.29. The zero-order valence-electron chi connectivity index (χ0n) is 8.66. The molecule has 1 N–H and O–H groups in total. The van der Waals surface area contributed by atoms with E-state index in [0.29, 0.717) is 11.8 Å². The van der Waals surface area contributed by atoms with Crippen LogP contribution in [0.3, 0.4) is 0 Å². The Balaban J connectivity index is 3.04. The van der Waals surface area contributed by atoms with Gasteiger partial charge in [-0.1, -0.05) is 27.7 Å². The van der Waals surface area contributed by atoms with Gasteiger partial charge < -0.3 is 5.11 Å². The summed E-state index contributed by atoms with van der Waals surface area (Å²) in [5, 5.41) is 10.2. The van der Waals surface area contributed by atoms with Crippen LogP contribution in [-0.2, 0) is 6.61 Å². The first-order chi connectivity index (χ1) is 6.06. The molecular weight excluding hydrogens is 182 g/mol. The van der Waals surface area contributed by atoms with E-state index in [0.717, 1.165) is 10.7 Å². The van der Waals surface area contributed by atoms with Crippen molar-refractivity contribution in [3.05, 3.63) is 15.6 Å². The minimum atomic E-state index is 0.0662. The maximum absolute atomic E-state index is 9.11. The summed E-state index contributed by atoms with van der Waals surface area (Å²) in [5.41, 5.74) is 0.865. The van der Waals surface area contributed by atoms with Crippen LogP contribution in [0.1, 0.15) is 55.1 Å². The Morgan fingerprint density at radius 3 is 2.15 bits per heavy atom. The summed E-state index contributed by atoms with van der Waals surface area (Å²) in [6.45, 7) is 8.60. The molecule has 3 heteroatoms. The van der Waals surface area contributed by atoms with Crippen molar-refractivity contribution in [1.29, 1.82) is 0 Å². The molecule has 2 nitrogen and oxygen atoms in total. The maximum atomic E-state index is 9.11. The minimum absolute atomic E-state index is 0.0662. The lowest BCUT2D eigenvalue weighted by molar-refractivity contribution is 0.275. The molecule has 0 fully saturated rings. The second-order valence-corrected chi connectivity index (χ2v) is 4.89. The van der Waals surface area contributed by atoms with Gasteiger partial charge in [-0.15, -0.1) is 11.3 Å². The first kappa shape index (κ1) is 10.7. The van der Waals surface area contributed by atoms with Gasteiger partial charge in [-0.3, -0.25) is 0 Å². The highest BCUT2D eigenvalue weighted by Gasteiger charge is 2.14. The Hall–Kier alpha value is -0.410. The number of rotatable bonds is 3. The quantitative estimate of drug-likeness (QED) is 0.812. The highest BCUT2D eigenvalue weighted by Crippen LogP contribution is 2.30. The van der Waals surface area contributed by atoms with Crippen molar-refractivity contribution in [3.8, 4) is 0 Å². The fourth-order valence-corrected chi connectivity index (χ4v) is 2.27. The van der Waals surface area contributed by atoms with Crippen LogP contribution in [0.15, 0.2) is 0 Å². The SMILES string of the molecule is CC(C)c1nc(CO)c(C(C)C)s1. The molecule has 0 aromatic carbocycles. The predicted octanol–water partition coefficient (Wildman–Crippen LogP) is 2.88. The summed E-state index contributed by atoms with van der Waals surface area (Å²) in [6, 6.07) is 0. The first-order valence-electron chi connectivity index (χ1n) is 4.66. The Morgan fingerprint density at radius 1 is 1.23 bits per heavy atom. The second-order valence-electron chi connectivity index (χ2n) is 3.83. The zero-order valence-corrected chi connectivity index (χ0v) is 9.48. The van der Waals surface area contributed by atoms with Crippen LogP contribution < -0.4 is 0 Å². The van der Waals surface area contributed by atoms with E-state index in [1.54, 1.807) is 11.3 Å². The van der Waals surface area contributed by atoms with Gasteiger partial charge in [0, 0.05) is 10.8 Å². The van der Waals surface area contributed by atoms with Gasteiger partial charge in [-0.25, -0.2) is 4.98 Å². The molecule has 0 unspecified atom stereocenters. The molecule has 0 aliphatic carbocycles. The largest absolute Gasteiger partial charge is 0.390 e. The van der Waals surface area contributed by atoms with Crippen molar-refractivity contribution in [2.24, 2.45) is 0 Å². The van der Waals surface area contributed by atoms with E-state index in [2.05, 4.69) is 32.7 Å². The van der Waals surface area contributed by atoms with Gasteiger partial charge >= 0.3 is 0 Å². The van der Waals surface area contributed by atoms with E-state index in [1.165, 1.54) is 4.88 Å². The van der Waals surface area contributed by atoms with Crippen molar-refractivity contribution >= 4 is 11.3 Å². The lowest BCUT2D eigenvalue weighted by Crippen LogP contribution is -1.92. The molecule has 74 valence electrons. The van der Waals surface area contributed by atoms with Crippen LogP contribution in [0.4, 0.5) is 0 Å². The van der Waals surface area contributed by atoms with Crippen LogP contribution >= 0.6 is 11.3 Å². The van der Waals surface area contributed by atoms with Crippen molar-refractivity contribution in [2.45, 2.75) is 46.1 Å². The standard InChI is InChI=1S/C10H17NOS/c1-6(2)9-8(5-12)11-10(13-9)7(3)4/h6-7,12H,5H2,1-4H3. The topological polar surface area (TPSA) is 33.1 Å². The number of aliphatic hydroxyl groups excluding tert-OH is 1. The van der Waals surface area contributed by atoms with Gasteiger partial charge in [0.15, 0.2) is 0 Å². The molecule has 0 radical (unpaired) electrons. The first-order valence-corrected chi connectivity index (χ1v) is 5.48. The van der Waals surface area contributed by atoms with Crippen molar-refractivity contribution in [3.63, 3.8) is 0 Å². The summed E-state index contributed by atoms with van der Waals surface area (Å²) < 4.78 is 0. The maximum Gasteiger partial charge on any atom is 0.0957 e. The monoisotopic (exact) mass is 199 g/mol. The fraction of sp³-hybridized carbons (Fsp3) is 0.700. The van der Waals surface area contributed by atoms with E-state index in [9.17, 15) is 0 Å². The molecule has 0 atom stereocenters. The van der Waals surface area contributed by atoms with Crippen LogP contribution in [0.5, 0.6) is 0 Å². The average Bonchev–Trinajstić information content (AvgIpc) is 2.47. The van der Waals surface area contributed by atoms with Gasteiger partial charge in [-0.2, -0.15) is 0 Å². The molecule has 0 saturated heterocycles. The van der Waals surface area contributed by atoms with Crippen LogP contribution in [0.25, 0.3) is 0 Å². The van der Waals surface area contributed by atoms with E-state index in [-0.39, 0.29) is 6.61 Å². The number of nitrogens with zero attached hydrogens (tertiary/aromatic N) is 1.